The number of aromatic nitrogens is 2. The van der Waals surface area contributed by atoms with Crippen molar-refractivity contribution in [3.63, 3.8) is 0 Å². The number of aryl methyl sites for hydroxylation is 2. The summed E-state index contributed by atoms with van der Waals surface area (Å²) in [7, 11) is 0. The van der Waals surface area contributed by atoms with Gasteiger partial charge < -0.3 is 9.14 Å². The van der Waals surface area contributed by atoms with Gasteiger partial charge in [0.2, 0.25) is 0 Å². The van der Waals surface area contributed by atoms with Gasteiger partial charge in [-0.15, -0.1) is 0 Å². The fourth-order valence-electron chi connectivity index (χ4n) is 1.85. The minimum absolute atomic E-state index is 0.310. The molecule has 0 aliphatic carbocycles. The number of ether oxygens (including phenoxy) is 1. The highest BCUT2D eigenvalue weighted by atomic mass is 16.5. The fourth-order valence-corrected chi connectivity index (χ4v) is 1.85. The predicted octanol–water partition coefficient (Wildman–Crippen LogP) is 2.38. The van der Waals surface area contributed by atoms with Gasteiger partial charge in [0.15, 0.2) is 5.65 Å². The number of carbonyl (C=O) groups excluding carboxylic acids is 1. The molecule has 0 radical (unpaired) electrons. The van der Waals surface area contributed by atoms with Gasteiger partial charge in [-0.2, -0.15) is 0 Å². The summed E-state index contributed by atoms with van der Waals surface area (Å²) in [6.07, 6.45) is 2.70. The van der Waals surface area contributed by atoms with Gasteiger partial charge >= 0.3 is 5.97 Å². The highest BCUT2D eigenvalue weighted by molar-refractivity contribution is 5.96. The van der Waals surface area contributed by atoms with E-state index in [9.17, 15) is 4.79 Å². The van der Waals surface area contributed by atoms with Crippen LogP contribution in [0.15, 0.2) is 18.3 Å². The molecule has 0 atom stereocenters. The Bertz CT molecular complexity index is 558. The topological polar surface area (TPSA) is 43.6 Å². The lowest BCUT2D eigenvalue weighted by molar-refractivity contribution is 0.0528. The van der Waals surface area contributed by atoms with Crippen LogP contribution in [0.1, 0.15) is 35.6 Å². The van der Waals surface area contributed by atoms with Crippen LogP contribution in [0.25, 0.3) is 5.65 Å². The van der Waals surface area contributed by atoms with Gasteiger partial charge in [-0.3, -0.25) is 0 Å². The zero-order valence-electron chi connectivity index (χ0n) is 10.4. The average molecular weight is 232 g/mol. The average Bonchev–Trinajstić information content (AvgIpc) is 2.73. The van der Waals surface area contributed by atoms with E-state index in [0.717, 1.165) is 17.8 Å². The van der Waals surface area contributed by atoms with Crippen LogP contribution in [-0.2, 0) is 11.2 Å². The van der Waals surface area contributed by atoms with Crippen molar-refractivity contribution in [3.8, 4) is 0 Å². The Labute approximate surface area is 100 Å². The van der Waals surface area contributed by atoms with Crippen molar-refractivity contribution in [2.45, 2.75) is 27.2 Å². The third-order valence-corrected chi connectivity index (χ3v) is 2.72. The lowest BCUT2D eigenvalue weighted by Crippen LogP contribution is -2.06. The molecule has 4 heteroatoms. The molecule has 0 aliphatic heterocycles. The second-order valence-electron chi connectivity index (χ2n) is 3.89. The first kappa shape index (κ1) is 11.6. The Kier molecular flexibility index (Phi) is 3.13. The number of carbonyl (C=O) groups is 1. The van der Waals surface area contributed by atoms with Crippen LogP contribution < -0.4 is 0 Å². The van der Waals surface area contributed by atoms with Gasteiger partial charge in [-0.1, -0.05) is 6.92 Å². The van der Waals surface area contributed by atoms with E-state index in [1.165, 1.54) is 0 Å². The predicted molar refractivity (Wildman–Crippen MR) is 65.3 cm³/mol. The number of hydrogen-bond donors (Lipinski definition) is 0. The van der Waals surface area contributed by atoms with Crippen LogP contribution in [0, 0.1) is 6.92 Å². The van der Waals surface area contributed by atoms with Crippen LogP contribution in [0.3, 0.4) is 0 Å². The molecule has 0 aromatic carbocycles. The molecule has 2 heterocycles. The highest BCUT2D eigenvalue weighted by Gasteiger charge is 2.14. The van der Waals surface area contributed by atoms with Crippen LogP contribution in [0.5, 0.6) is 0 Å². The molecule has 0 N–H and O–H groups in total. The van der Waals surface area contributed by atoms with E-state index < -0.39 is 0 Å². The van der Waals surface area contributed by atoms with Crippen LogP contribution >= 0.6 is 0 Å². The summed E-state index contributed by atoms with van der Waals surface area (Å²) in [5.41, 5.74) is 3.27. The summed E-state index contributed by atoms with van der Waals surface area (Å²) in [6, 6.07) is 3.79. The minimum Gasteiger partial charge on any atom is -0.462 e. The fraction of sp³-hybridized carbons (Fsp3) is 0.385. The molecule has 0 amide bonds. The van der Waals surface area contributed by atoms with Gasteiger partial charge in [-0.05, 0) is 32.4 Å². The van der Waals surface area contributed by atoms with Crippen molar-refractivity contribution in [1.82, 2.24) is 9.38 Å². The zero-order chi connectivity index (χ0) is 12.4. The van der Waals surface area contributed by atoms with E-state index in [4.69, 9.17) is 4.74 Å². The van der Waals surface area contributed by atoms with E-state index in [-0.39, 0.29) is 5.97 Å². The molecule has 90 valence electrons. The summed E-state index contributed by atoms with van der Waals surface area (Å²) in [5.74, 6) is -0.310. The molecule has 0 spiro atoms. The SMILES string of the molecule is CCOC(=O)c1ccn2c(C)cc(CC)nc12. The largest absolute Gasteiger partial charge is 0.462 e. The lowest BCUT2D eigenvalue weighted by atomic mass is 10.2. The molecule has 2 aromatic rings. The molecule has 0 saturated heterocycles. The van der Waals surface area contributed by atoms with Crippen LogP contribution in [-0.4, -0.2) is 22.0 Å². The first-order chi connectivity index (χ1) is 8.17. The number of nitrogens with zero attached hydrogens (tertiary/aromatic N) is 2. The molecule has 0 saturated carbocycles. The summed E-state index contributed by atoms with van der Waals surface area (Å²) in [5, 5.41) is 0. The molecule has 0 aliphatic rings. The van der Waals surface area contributed by atoms with E-state index in [1.807, 2.05) is 30.5 Å². The maximum absolute atomic E-state index is 11.8. The Hall–Kier alpha value is -1.84. The first-order valence-electron chi connectivity index (χ1n) is 5.82. The zero-order valence-corrected chi connectivity index (χ0v) is 10.4. The van der Waals surface area contributed by atoms with E-state index in [0.29, 0.717) is 17.8 Å². The smallest absolute Gasteiger partial charge is 0.341 e. The normalized spacial score (nSPS) is 10.8. The van der Waals surface area contributed by atoms with E-state index >= 15 is 0 Å². The maximum Gasteiger partial charge on any atom is 0.341 e. The van der Waals surface area contributed by atoms with Gasteiger partial charge in [-0.25, -0.2) is 9.78 Å². The summed E-state index contributed by atoms with van der Waals surface area (Å²) < 4.78 is 6.92. The molecule has 0 bridgehead atoms. The third-order valence-electron chi connectivity index (χ3n) is 2.72. The molecule has 2 aromatic heterocycles. The van der Waals surface area contributed by atoms with E-state index in [2.05, 4.69) is 4.98 Å². The third kappa shape index (κ3) is 2.02. The monoisotopic (exact) mass is 232 g/mol. The van der Waals surface area contributed by atoms with Gasteiger partial charge in [0.25, 0.3) is 0 Å². The number of esters is 1. The summed E-state index contributed by atoms with van der Waals surface area (Å²) in [6.45, 7) is 6.23. The molecule has 2 rings (SSSR count). The lowest BCUT2D eigenvalue weighted by Gasteiger charge is -2.05. The number of hydrogen-bond acceptors (Lipinski definition) is 3. The molecule has 0 fully saturated rings. The standard InChI is InChI=1S/C13H16N2O2/c1-4-10-8-9(3)15-7-6-11(12(15)14-10)13(16)17-5-2/h6-8H,4-5H2,1-3H3. The maximum atomic E-state index is 11.8. The molecular formula is C13H16N2O2. The quantitative estimate of drug-likeness (QED) is 0.763. The summed E-state index contributed by atoms with van der Waals surface area (Å²) >= 11 is 0. The first-order valence-corrected chi connectivity index (χ1v) is 5.82. The van der Waals surface area contributed by atoms with Crippen molar-refractivity contribution >= 4 is 11.6 Å². The molecule has 17 heavy (non-hydrogen) atoms. The van der Waals surface area contributed by atoms with Crippen molar-refractivity contribution in [2.75, 3.05) is 6.61 Å². The Morgan fingerprint density at radius 3 is 2.88 bits per heavy atom. The van der Waals surface area contributed by atoms with E-state index in [1.54, 1.807) is 13.0 Å². The number of fused-ring (bicyclic) bond motifs is 1. The van der Waals surface area contributed by atoms with Crippen molar-refractivity contribution < 1.29 is 9.53 Å². The molecular weight excluding hydrogens is 216 g/mol. The Morgan fingerprint density at radius 1 is 1.47 bits per heavy atom. The second kappa shape index (κ2) is 4.57. The van der Waals surface area contributed by atoms with Crippen LogP contribution in [0.4, 0.5) is 0 Å². The van der Waals surface area contributed by atoms with Crippen molar-refractivity contribution in [1.29, 1.82) is 0 Å². The van der Waals surface area contributed by atoms with Crippen LogP contribution in [0.2, 0.25) is 0 Å². The minimum atomic E-state index is -0.310. The van der Waals surface area contributed by atoms with Crippen molar-refractivity contribution in [3.05, 3.63) is 35.3 Å². The second-order valence-corrected chi connectivity index (χ2v) is 3.89. The summed E-state index contributed by atoms with van der Waals surface area (Å²) in [4.78, 5) is 16.2. The van der Waals surface area contributed by atoms with Gasteiger partial charge in [0, 0.05) is 17.6 Å². The number of rotatable bonds is 3. The Morgan fingerprint density at radius 2 is 2.24 bits per heavy atom. The Balaban J connectivity index is 2.58. The molecule has 4 nitrogen and oxygen atoms in total. The highest BCUT2D eigenvalue weighted by Crippen LogP contribution is 2.15. The van der Waals surface area contributed by atoms with Gasteiger partial charge in [0.05, 0.1) is 6.61 Å². The van der Waals surface area contributed by atoms with Crippen molar-refractivity contribution in [2.24, 2.45) is 0 Å². The molecule has 0 unspecified atom stereocenters. The van der Waals surface area contributed by atoms with Gasteiger partial charge in [0.1, 0.15) is 5.56 Å².